The number of anilines is 1. The lowest BCUT2D eigenvalue weighted by atomic mass is 10.1. The van der Waals surface area contributed by atoms with Gasteiger partial charge in [-0.3, -0.25) is 10.1 Å². The molecule has 0 atom stereocenters. The van der Waals surface area contributed by atoms with Gasteiger partial charge in [0, 0.05) is 28.4 Å². The number of nitrogens with one attached hydrogen (secondary N) is 1. The zero-order valence-corrected chi connectivity index (χ0v) is 11.8. The second-order valence-electron chi connectivity index (χ2n) is 4.61. The highest BCUT2D eigenvalue weighted by Crippen LogP contribution is 2.35. The van der Waals surface area contributed by atoms with Gasteiger partial charge in [-0.05, 0) is 29.6 Å². The summed E-state index contributed by atoms with van der Waals surface area (Å²) in [4.78, 5) is 9.87. The number of fused-ring (bicyclic) bond motifs is 1. The molecule has 4 rings (SSSR count). The van der Waals surface area contributed by atoms with Crippen LogP contribution in [-0.2, 0) is 0 Å². The van der Waals surface area contributed by atoms with Gasteiger partial charge in [-0.1, -0.05) is 6.07 Å². The maximum Gasteiger partial charge on any atom is 0.184 e. The van der Waals surface area contributed by atoms with E-state index in [2.05, 4.69) is 26.2 Å². The van der Waals surface area contributed by atoms with Gasteiger partial charge in [0.05, 0.1) is 11.1 Å². The lowest BCUT2D eigenvalue weighted by molar-refractivity contribution is 1.10. The van der Waals surface area contributed by atoms with E-state index in [9.17, 15) is 0 Å². The standard InChI is InChI=1S/C15H11N5S/c16-14-13-10(12-4-2-6-21-12)7-11(18-15(13)20-19-14)9-3-1-5-17-8-9/h1-8H,(H3,16,18,19,20). The highest BCUT2D eigenvalue weighted by Gasteiger charge is 2.14. The fourth-order valence-corrected chi connectivity index (χ4v) is 3.08. The molecule has 21 heavy (non-hydrogen) atoms. The molecule has 0 saturated carbocycles. The molecule has 0 aliphatic carbocycles. The van der Waals surface area contributed by atoms with Crippen LogP contribution in [0.2, 0.25) is 0 Å². The Balaban J connectivity index is 2.04. The predicted octanol–water partition coefficient (Wildman–Crippen LogP) is 3.33. The molecule has 5 nitrogen and oxygen atoms in total. The number of nitrogen functional groups attached to an aromatic ring is 1. The molecule has 0 aliphatic heterocycles. The molecule has 0 unspecified atom stereocenters. The van der Waals surface area contributed by atoms with E-state index in [0.29, 0.717) is 11.5 Å². The topological polar surface area (TPSA) is 80.5 Å². The summed E-state index contributed by atoms with van der Waals surface area (Å²) in [5.41, 5.74) is 9.47. The maximum absolute atomic E-state index is 6.01. The number of hydrogen-bond acceptors (Lipinski definition) is 5. The number of aromatic amines is 1. The Hall–Kier alpha value is -2.73. The van der Waals surface area contributed by atoms with Crippen molar-refractivity contribution in [2.45, 2.75) is 0 Å². The monoisotopic (exact) mass is 293 g/mol. The Morgan fingerprint density at radius 3 is 2.90 bits per heavy atom. The molecule has 0 fully saturated rings. The summed E-state index contributed by atoms with van der Waals surface area (Å²) >= 11 is 1.67. The van der Waals surface area contributed by atoms with Crippen molar-refractivity contribution in [3.05, 3.63) is 48.1 Å². The van der Waals surface area contributed by atoms with Crippen LogP contribution in [0.5, 0.6) is 0 Å². The average Bonchev–Trinajstić information content (AvgIpc) is 3.18. The van der Waals surface area contributed by atoms with Crippen molar-refractivity contribution >= 4 is 28.2 Å². The quantitative estimate of drug-likeness (QED) is 0.594. The third-order valence-corrected chi connectivity index (χ3v) is 4.20. The van der Waals surface area contributed by atoms with Crippen LogP contribution in [0.4, 0.5) is 5.82 Å². The summed E-state index contributed by atoms with van der Waals surface area (Å²) in [5.74, 6) is 0.540. The first-order valence-corrected chi connectivity index (χ1v) is 7.30. The fraction of sp³-hybridized carbons (Fsp3) is 0. The molecule has 0 saturated heterocycles. The van der Waals surface area contributed by atoms with E-state index >= 15 is 0 Å². The van der Waals surface area contributed by atoms with Crippen LogP contribution < -0.4 is 5.73 Å². The van der Waals surface area contributed by atoms with Gasteiger partial charge in [0.15, 0.2) is 5.65 Å². The van der Waals surface area contributed by atoms with Crippen LogP contribution in [0.3, 0.4) is 0 Å². The van der Waals surface area contributed by atoms with Gasteiger partial charge in [0.2, 0.25) is 0 Å². The maximum atomic E-state index is 6.01. The SMILES string of the molecule is Nc1[nH]nc2nc(-c3cccnc3)cc(-c3cccs3)c12. The minimum absolute atomic E-state index is 0.540. The first-order chi connectivity index (χ1) is 10.3. The van der Waals surface area contributed by atoms with Gasteiger partial charge in [-0.15, -0.1) is 11.3 Å². The van der Waals surface area contributed by atoms with Crippen LogP contribution in [0.25, 0.3) is 32.7 Å². The van der Waals surface area contributed by atoms with Crippen molar-refractivity contribution in [1.82, 2.24) is 20.2 Å². The van der Waals surface area contributed by atoms with Gasteiger partial charge in [0.1, 0.15) is 5.82 Å². The van der Waals surface area contributed by atoms with E-state index in [1.54, 1.807) is 23.7 Å². The number of thiophene rings is 1. The van der Waals surface area contributed by atoms with Crippen LogP contribution in [0.1, 0.15) is 0 Å². The van der Waals surface area contributed by atoms with Crippen molar-refractivity contribution < 1.29 is 0 Å². The predicted molar refractivity (Wildman–Crippen MR) is 84.8 cm³/mol. The minimum atomic E-state index is 0.540. The van der Waals surface area contributed by atoms with Crippen molar-refractivity contribution in [2.75, 3.05) is 5.73 Å². The molecule has 4 aromatic heterocycles. The first-order valence-electron chi connectivity index (χ1n) is 6.42. The number of nitrogens with zero attached hydrogens (tertiary/aromatic N) is 3. The van der Waals surface area contributed by atoms with Crippen molar-refractivity contribution in [1.29, 1.82) is 0 Å². The Morgan fingerprint density at radius 1 is 1.19 bits per heavy atom. The van der Waals surface area contributed by atoms with Gasteiger partial charge < -0.3 is 5.73 Å². The number of hydrogen-bond donors (Lipinski definition) is 2. The largest absolute Gasteiger partial charge is 0.383 e. The zero-order chi connectivity index (χ0) is 14.2. The van der Waals surface area contributed by atoms with Crippen LogP contribution in [0.15, 0.2) is 48.1 Å². The summed E-state index contributed by atoms with van der Waals surface area (Å²) in [6, 6.07) is 10.0. The van der Waals surface area contributed by atoms with E-state index in [4.69, 9.17) is 5.73 Å². The second-order valence-corrected chi connectivity index (χ2v) is 5.56. The molecule has 0 radical (unpaired) electrons. The third-order valence-electron chi connectivity index (χ3n) is 3.30. The Morgan fingerprint density at radius 2 is 2.14 bits per heavy atom. The number of H-pyrrole nitrogens is 1. The lowest BCUT2D eigenvalue weighted by Gasteiger charge is -2.05. The number of aromatic nitrogens is 4. The third kappa shape index (κ3) is 1.96. The van der Waals surface area contributed by atoms with Crippen LogP contribution in [0, 0.1) is 0 Å². The summed E-state index contributed by atoms with van der Waals surface area (Å²) in [6.45, 7) is 0. The van der Waals surface area contributed by atoms with Gasteiger partial charge >= 0.3 is 0 Å². The van der Waals surface area contributed by atoms with Gasteiger partial charge in [-0.2, -0.15) is 5.10 Å². The van der Waals surface area contributed by atoms with Crippen molar-refractivity contribution in [3.8, 4) is 21.7 Å². The molecule has 0 aromatic carbocycles. The molecule has 0 bridgehead atoms. The van der Waals surface area contributed by atoms with E-state index in [0.717, 1.165) is 27.1 Å². The molecule has 3 N–H and O–H groups in total. The summed E-state index contributed by atoms with van der Waals surface area (Å²) in [5, 5.41) is 9.92. The van der Waals surface area contributed by atoms with E-state index < -0.39 is 0 Å². The normalized spacial score (nSPS) is 11.0. The lowest BCUT2D eigenvalue weighted by Crippen LogP contribution is -1.90. The highest BCUT2D eigenvalue weighted by atomic mass is 32.1. The average molecular weight is 293 g/mol. The summed E-state index contributed by atoms with van der Waals surface area (Å²) in [7, 11) is 0. The molecule has 4 heterocycles. The highest BCUT2D eigenvalue weighted by molar-refractivity contribution is 7.13. The molecular weight excluding hydrogens is 282 g/mol. The first kappa shape index (κ1) is 12.0. The van der Waals surface area contributed by atoms with E-state index in [-0.39, 0.29) is 0 Å². The number of rotatable bonds is 2. The van der Waals surface area contributed by atoms with E-state index in [1.807, 2.05) is 29.6 Å². The Bertz CT molecular complexity index is 897. The second kappa shape index (κ2) is 4.68. The molecule has 0 spiro atoms. The number of pyridine rings is 2. The molecule has 4 aromatic rings. The van der Waals surface area contributed by atoms with Crippen LogP contribution in [-0.4, -0.2) is 20.2 Å². The number of nitrogens with two attached hydrogens (primary N) is 1. The minimum Gasteiger partial charge on any atom is -0.383 e. The van der Waals surface area contributed by atoms with Gasteiger partial charge in [0.25, 0.3) is 0 Å². The fourth-order valence-electron chi connectivity index (χ4n) is 2.34. The van der Waals surface area contributed by atoms with E-state index in [1.165, 1.54) is 0 Å². The van der Waals surface area contributed by atoms with Gasteiger partial charge in [-0.25, -0.2) is 4.98 Å². The molecule has 0 aliphatic rings. The van der Waals surface area contributed by atoms with Crippen molar-refractivity contribution in [3.63, 3.8) is 0 Å². The smallest absolute Gasteiger partial charge is 0.184 e. The zero-order valence-electron chi connectivity index (χ0n) is 10.9. The Kier molecular flexibility index (Phi) is 2.68. The molecule has 102 valence electrons. The van der Waals surface area contributed by atoms with Crippen molar-refractivity contribution in [2.24, 2.45) is 0 Å². The Labute approximate surface area is 124 Å². The molecule has 6 heteroatoms. The summed E-state index contributed by atoms with van der Waals surface area (Å²) < 4.78 is 0. The summed E-state index contributed by atoms with van der Waals surface area (Å²) in [6.07, 6.45) is 3.54. The molecular formula is C15H11N5S. The van der Waals surface area contributed by atoms with Crippen LogP contribution >= 0.6 is 11.3 Å². The molecule has 0 amide bonds.